The topological polar surface area (TPSA) is 66.0 Å². The monoisotopic (exact) mass is 413 g/mol. The molecule has 0 heterocycles. The Morgan fingerprint density at radius 3 is 2.00 bits per heavy atom. The third-order valence-electron chi connectivity index (χ3n) is 3.93. The van der Waals surface area contributed by atoms with Crippen LogP contribution in [0.2, 0.25) is 0 Å². The summed E-state index contributed by atoms with van der Waals surface area (Å²) in [5.41, 5.74) is 1.65. The van der Waals surface area contributed by atoms with E-state index in [1.807, 2.05) is 0 Å². The first-order chi connectivity index (χ1) is 13.8. The van der Waals surface area contributed by atoms with Crippen molar-refractivity contribution in [1.82, 2.24) is 5.32 Å². The van der Waals surface area contributed by atoms with Gasteiger partial charge >= 0.3 is 6.18 Å². The lowest BCUT2D eigenvalue weighted by Gasteiger charge is -2.14. The second-order valence-electron chi connectivity index (χ2n) is 6.02. The minimum Gasteiger partial charge on any atom is -0.493 e. The van der Waals surface area contributed by atoms with Gasteiger partial charge in [0.15, 0.2) is 11.5 Å². The predicted molar refractivity (Wildman–Crippen MR) is 99.4 cm³/mol. The van der Waals surface area contributed by atoms with E-state index in [2.05, 4.69) is 10.1 Å². The summed E-state index contributed by atoms with van der Waals surface area (Å²) < 4.78 is 56.7. The number of rotatable bonds is 9. The number of hydrogen-bond donors (Lipinski definition) is 1. The fourth-order valence-electron chi connectivity index (χ4n) is 2.56. The number of ether oxygens (including phenoxy) is 4. The molecule has 1 amide bonds. The van der Waals surface area contributed by atoms with Crippen molar-refractivity contribution in [3.8, 4) is 17.2 Å². The summed E-state index contributed by atoms with van der Waals surface area (Å²) in [6.45, 7) is -1.29. The average Bonchev–Trinajstić information content (AvgIpc) is 2.70. The molecule has 0 unspecified atom stereocenters. The smallest absolute Gasteiger partial charge is 0.411 e. The summed E-state index contributed by atoms with van der Waals surface area (Å²) in [6, 6.07) is 9.59. The van der Waals surface area contributed by atoms with E-state index in [-0.39, 0.29) is 19.1 Å². The average molecular weight is 413 g/mol. The molecule has 0 saturated heterocycles. The van der Waals surface area contributed by atoms with Crippen LogP contribution in [0.25, 0.3) is 0 Å². The predicted octanol–water partition coefficient (Wildman–Crippen LogP) is 3.72. The van der Waals surface area contributed by atoms with E-state index in [0.29, 0.717) is 28.4 Å². The van der Waals surface area contributed by atoms with E-state index >= 15 is 0 Å². The lowest BCUT2D eigenvalue weighted by atomic mass is 10.1. The molecule has 0 saturated carbocycles. The number of hydrogen-bond acceptors (Lipinski definition) is 5. The SMILES string of the molecule is COc1cc(CNC(=O)c2ccc(COCC(F)(F)F)cc2)cc(OC)c1OC. The quantitative estimate of drug-likeness (QED) is 0.679. The molecule has 6 nitrogen and oxygen atoms in total. The maximum atomic E-state index is 12.3. The van der Waals surface area contributed by atoms with Gasteiger partial charge < -0.3 is 24.3 Å². The van der Waals surface area contributed by atoms with Crippen LogP contribution in [0, 0.1) is 0 Å². The molecule has 0 aliphatic heterocycles. The van der Waals surface area contributed by atoms with E-state index < -0.39 is 12.8 Å². The van der Waals surface area contributed by atoms with Crippen LogP contribution in [-0.2, 0) is 17.9 Å². The molecule has 2 aromatic rings. The molecule has 158 valence electrons. The summed E-state index contributed by atoms with van der Waals surface area (Å²) in [7, 11) is 4.50. The van der Waals surface area contributed by atoms with Crippen LogP contribution in [0.15, 0.2) is 36.4 Å². The molecule has 0 radical (unpaired) electrons. The minimum absolute atomic E-state index is 0.188. The fraction of sp³-hybridized carbons (Fsp3) is 0.350. The molecular weight excluding hydrogens is 391 g/mol. The summed E-state index contributed by atoms with van der Waals surface area (Å²) in [6.07, 6.45) is -4.37. The van der Waals surface area contributed by atoms with Crippen LogP contribution in [0.4, 0.5) is 13.2 Å². The van der Waals surface area contributed by atoms with Gasteiger partial charge in [-0.2, -0.15) is 13.2 Å². The number of alkyl halides is 3. The van der Waals surface area contributed by atoms with Crippen molar-refractivity contribution in [2.45, 2.75) is 19.3 Å². The highest BCUT2D eigenvalue weighted by molar-refractivity contribution is 5.94. The fourth-order valence-corrected chi connectivity index (χ4v) is 2.56. The third kappa shape index (κ3) is 6.56. The summed E-state index contributed by atoms with van der Waals surface area (Å²) in [5.74, 6) is 1.06. The standard InChI is InChI=1S/C20H22F3NO5/c1-26-16-8-14(9-17(27-2)18(16)28-3)10-24-19(25)15-6-4-13(5-7-15)11-29-12-20(21,22)23/h4-9H,10-12H2,1-3H3,(H,24,25). The Bertz CT molecular complexity index is 797. The third-order valence-corrected chi connectivity index (χ3v) is 3.93. The van der Waals surface area contributed by atoms with Crippen molar-refractivity contribution in [3.05, 3.63) is 53.1 Å². The Balaban J connectivity index is 1.97. The highest BCUT2D eigenvalue weighted by atomic mass is 19.4. The van der Waals surface area contributed by atoms with Gasteiger partial charge in [0.2, 0.25) is 5.75 Å². The number of carbonyl (C=O) groups excluding carboxylic acids is 1. The molecule has 29 heavy (non-hydrogen) atoms. The minimum atomic E-state index is -4.37. The van der Waals surface area contributed by atoms with E-state index in [1.165, 1.54) is 33.5 Å². The maximum absolute atomic E-state index is 12.3. The van der Waals surface area contributed by atoms with Crippen LogP contribution in [0.5, 0.6) is 17.2 Å². The summed E-state index contributed by atoms with van der Waals surface area (Å²) in [5, 5.41) is 2.77. The van der Waals surface area contributed by atoms with Gasteiger partial charge in [0.1, 0.15) is 6.61 Å². The van der Waals surface area contributed by atoms with E-state index in [1.54, 1.807) is 24.3 Å². The Labute approximate surface area is 166 Å². The molecule has 1 N–H and O–H groups in total. The van der Waals surface area contributed by atoms with Crippen LogP contribution in [-0.4, -0.2) is 40.0 Å². The number of methoxy groups -OCH3 is 3. The van der Waals surface area contributed by atoms with Gasteiger partial charge in [-0.15, -0.1) is 0 Å². The Morgan fingerprint density at radius 2 is 1.52 bits per heavy atom. The van der Waals surface area contributed by atoms with Crippen LogP contribution < -0.4 is 19.5 Å². The molecule has 0 aliphatic carbocycles. The van der Waals surface area contributed by atoms with Crippen molar-refractivity contribution >= 4 is 5.91 Å². The zero-order chi connectivity index (χ0) is 21.4. The zero-order valence-corrected chi connectivity index (χ0v) is 16.3. The molecule has 0 fully saturated rings. The number of nitrogens with one attached hydrogen (secondary N) is 1. The normalized spacial score (nSPS) is 11.1. The van der Waals surface area contributed by atoms with E-state index in [4.69, 9.17) is 14.2 Å². The zero-order valence-electron chi connectivity index (χ0n) is 16.3. The molecule has 9 heteroatoms. The van der Waals surface area contributed by atoms with Gasteiger partial charge in [-0.25, -0.2) is 0 Å². The highest BCUT2D eigenvalue weighted by Crippen LogP contribution is 2.38. The number of amides is 1. The molecule has 2 rings (SSSR count). The van der Waals surface area contributed by atoms with Crippen LogP contribution in [0.3, 0.4) is 0 Å². The van der Waals surface area contributed by atoms with Crippen molar-refractivity contribution in [3.63, 3.8) is 0 Å². The Hall–Kier alpha value is -2.94. The lowest BCUT2D eigenvalue weighted by molar-refractivity contribution is -0.176. The Morgan fingerprint density at radius 1 is 0.931 bits per heavy atom. The number of carbonyl (C=O) groups is 1. The number of benzene rings is 2. The molecule has 0 spiro atoms. The summed E-state index contributed by atoms with van der Waals surface area (Å²) >= 11 is 0. The summed E-state index contributed by atoms with van der Waals surface area (Å²) in [4.78, 5) is 12.3. The molecule has 0 bridgehead atoms. The molecule has 2 aromatic carbocycles. The van der Waals surface area contributed by atoms with Crippen molar-refractivity contribution in [2.24, 2.45) is 0 Å². The second kappa shape index (κ2) is 10.0. The van der Waals surface area contributed by atoms with Gasteiger partial charge in [-0.1, -0.05) is 12.1 Å². The molecule has 0 aromatic heterocycles. The van der Waals surface area contributed by atoms with Gasteiger partial charge in [0.05, 0.1) is 27.9 Å². The van der Waals surface area contributed by atoms with Gasteiger partial charge in [-0.3, -0.25) is 4.79 Å². The van der Waals surface area contributed by atoms with E-state index in [9.17, 15) is 18.0 Å². The number of halogens is 3. The van der Waals surface area contributed by atoms with Crippen molar-refractivity contribution in [2.75, 3.05) is 27.9 Å². The molecule has 0 atom stereocenters. The van der Waals surface area contributed by atoms with Gasteiger partial charge in [0.25, 0.3) is 5.91 Å². The molecular formula is C20H22F3NO5. The van der Waals surface area contributed by atoms with Crippen molar-refractivity contribution in [1.29, 1.82) is 0 Å². The first-order valence-electron chi connectivity index (χ1n) is 8.58. The highest BCUT2D eigenvalue weighted by Gasteiger charge is 2.27. The maximum Gasteiger partial charge on any atom is 0.411 e. The van der Waals surface area contributed by atoms with E-state index in [0.717, 1.165) is 5.56 Å². The first kappa shape index (κ1) is 22.4. The van der Waals surface area contributed by atoms with Gasteiger partial charge in [0, 0.05) is 12.1 Å². The second-order valence-corrected chi connectivity index (χ2v) is 6.02. The largest absolute Gasteiger partial charge is 0.493 e. The molecule has 0 aliphatic rings. The van der Waals surface area contributed by atoms with Crippen LogP contribution in [0.1, 0.15) is 21.5 Å². The Kier molecular flexibility index (Phi) is 7.72. The lowest BCUT2D eigenvalue weighted by Crippen LogP contribution is -2.22. The van der Waals surface area contributed by atoms with Crippen LogP contribution >= 0.6 is 0 Å². The first-order valence-corrected chi connectivity index (χ1v) is 8.58. The van der Waals surface area contributed by atoms with Gasteiger partial charge in [-0.05, 0) is 35.4 Å². The van der Waals surface area contributed by atoms with Crippen molar-refractivity contribution < 1.29 is 36.9 Å².